The van der Waals surface area contributed by atoms with E-state index in [-0.39, 0.29) is 12.3 Å². The van der Waals surface area contributed by atoms with E-state index in [9.17, 15) is 4.79 Å². The van der Waals surface area contributed by atoms with Gasteiger partial charge in [-0.05, 0) is 61.4 Å². The molecule has 0 saturated heterocycles. The van der Waals surface area contributed by atoms with Crippen molar-refractivity contribution in [3.63, 3.8) is 0 Å². The summed E-state index contributed by atoms with van der Waals surface area (Å²) in [6.45, 7) is 4.11. The topological polar surface area (TPSA) is 69.3 Å². The van der Waals surface area contributed by atoms with E-state index in [4.69, 9.17) is 9.15 Å². The number of hydrogen-bond acceptors (Lipinski definition) is 4. The third-order valence-electron chi connectivity index (χ3n) is 5.15. The Bertz CT molecular complexity index is 1190. The lowest BCUT2D eigenvalue weighted by molar-refractivity contribution is -0.115. The van der Waals surface area contributed by atoms with Crippen molar-refractivity contribution in [2.24, 2.45) is 7.05 Å². The minimum Gasteiger partial charge on any atom is -0.497 e. The summed E-state index contributed by atoms with van der Waals surface area (Å²) in [5.74, 6) is 1.31. The van der Waals surface area contributed by atoms with Crippen molar-refractivity contribution < 1.29 is 13.9 Å². The number of carbonyl (C=O) groups excluding carboxylic acids is 1. The van der Waals surface area contributed by atoms with E-state index in [1.165, 1.54) is 11.1 Å². The number of ether oxygens (including phenoxy) is 1. The zero-order valence-corrected chi connectivity index (χ0v) is 16.9. The number of methoxy groups -OCH3 is 1. The maximum absolute atomic E-state index is 12.6. The molecule has 6 heteroatoms. The number of furan rings is 1. The molecule has 1 N–H and O–H groups in total. The van der Waals surface area contributed by atoms with E-state index in [2.05, 4.69) is 23.4 Å². The lowest BCUT2D eigenvalue weighted by Crippen LogP contribution is -2.16. The van der Waals surface area contributed by atoms with Gasteiger partial charge in [-0.3, -0.25) is 9.48 Å². The Labute approximate surface area is 169 Å². The number of amides is 1. The number of hydrogen-bond donors (Lipinski definition) is 1. The van der Waals surface area contributed by atoms with Gasteiger partial charge in [-0.2, -0.15) is 5.10 Å². The number of carbonyl (C=O) groups is 1. The van der Waals surface area contributed by atoms with Crippen LogP contribution < -0.4 is 10.1 Å². The van der Waals surface area contributed by atoms with Crippen molar-refractivity contribution in [2.45, 2.75) is 20.3 Å². The summed E-state index contributed by atoms with van der Waals surface area (Å²) >= 11 is 0. The zero-order valence-electron chi connectivity index (χ0n) is 16.9. The highest BCUT2D eigenvalue weighted by atomic mass is 16.5. The Morgan fingerprint density at radius 3 is 2.59 bits per heavy atom. The number of fused-ring (bicyclic) bond motifs is 1. The van der Waals surface area contributed by atoms with Crippen molar-refractivity contribution in [2.75, 3.05) is 12.4 Å². The molecule has 4 aromatic rings. The van der Waals surface area contributed by atoms with Crippen molar-refractivity contribution in [3.8, 4) is 17.0 Å². The fraction of sp³-hybridized carbons (Fsp3) is 0.217. The third kappa shape index (κ3) is 3.74. The number of anilines is 1. The van der Waals surface area contributed by atoms with Gasteiger partial charge in [0.15, 0.2) is 0 Å². The molecule has 148 valence electrons. The van der Waals surface area contributed by atoms with E-state index < -0.39 is 0 Å². The molecule has 0 spiro atoms. The van der Waals surface area contributed by atoms with E-state index in [0.29, 0.717) is 5.82 Å². The predicted molar refractivity (Wildman–Crippen MR) is 113 cm³/mol. The largest absolute Gasteiger partial charge is 0.497 e. The SMILES string of the molecule is COc1ccc(-c2cc(NC(=O)Cc3coc4cc(C)c(C)cc34)n(C)n2)cc1. The number of benzene rings is 2. The van der Waals surface area contributed by atoms with Crippen LogP contribution in [0, 0.1) is 13.8 Å². The molecule has 0 bridgehead atoms. The molecule has 0 fully saturated rings. The first-order chi connectivity index (χ1) is 13.9. The summed E-state index contributed by atoms with van der Waals surface area (Å²) in [5, 5.41) is 8.43. The summed E-state index contributed by atoms with van der Waals surface area (Å²) in [4.78, 5) is 12.6. The molecule has 4 rings (SSSR count). The molecule has 0 aliphatic heterocycles. The van der Waals surface area contributed by atoms with Crippen molar-refractivity contribution in [3.05, 3.63) is 65.4 Å². The molecular formula is C23H23N3O3. The minimum absolute atomic E-state index is 0.116. The van der Waals surface area contributed by atoms with E-state index in [0.717, 1.165) is 33.5 Å². The molecule has 6 nitrogen and oxygen atoms in total. The second-order valence-corrected chi connectivity index (χ2v) is 7.19. The van der Waals surface area contributed by atoms with Gasteiger partial charge in [0.05, 0.1) is 25.5 Å². The smallest absolute Gasteiger partial charge is 0.230 e. The first-order valence-corrected chi connectivity index (χ1v) is 9.40. The van der Waals surface area contributed by atoms with Crippen LogP contribution in [0.15, 0.2) is 53.1 Å². The number of aromatic nitrogens is 2. The molecule has 29 heavy (non-hydrogen) atoms. The molecule has 0 aliphatic rings. The highest BCUT2D eigenvalue weighted by Gasteiger charge is 2.14. The summed E-state index contributed by atoms with van der Waals surface area (Å²) in [7, 11) is 3.44. The molecule has 0 unspecified atom stereocenters. The van der Waals surface area contributed by atoms with Crippen LogP contribution in [0.1, 0.15) is 16.7 Å². The lowest BCUT2D eigenvalue weighted by atomic mass is 10.0. The van der Waals surface area contributed by atoms with Crippen molar-refractivity contribution in [1.82, 2.24) is 9.78 Å². The highest BCUT2D eigenvalue weighted by Crippen LogP contribution is 2.26. The monoisotopic (exact) mass is 389 g/mol. The van der Waals surface area contributed by atoms with Crippen LogP contribution in [0.3, 0.4) is 0 Å². The van der Waals surface area contributed by atoms with Crippen molar-refractivity contribution in [1.29, 1.82) is 0 Å². The lowest BCUT2D eigenvalue weighted by Gasteiger charge is -2.05. The van der Waals surface area contributed by atoms with Gasteiger partial charge in [0.2, 0.25) is 5.91 Å². The average molecular weight is 389 g/mol. The van der Waals surface area contributed by atoms with E-state index in [1.54, 1.807) is 18.1 Å². The number of nitrogens with one attached hydrogen (secondary N) is 1. The van der Waals surface area contributed by atoms with Gasteiger partial charge in [-0.25, -0.2) is 0 Å². The third-order valence-corrected chi connectivity index (χ3v) is 5.15. The van der Waals surface area contributed by atoms with Crippen LogP contribution in [0.5, 0.6) is 5.75 Å². The number of nitrogens with zero attached hydrogens (tertiary/aromatic N) is 2. The fourth-order valence-corrected chi connectivity index (χ4v) is 3.32. The Hall–Kier alpha value is -3.54. The second-order valence-electron chi connectivity index (χ2n) is 7.19. The number of aryl methyl sites for hydroxylation is 3. The fourth-order valence-electron chi connectivity index (χ4n) is 3.32. The van der Waals surface area contributed by atoms with Crippen LogP contribution in [-0.2, 0) is 18.3 Å². The molecule has 2 aromatic carbocycles. The quantitative estimate of drug-likeness (QED) is 0.540. The normalized spacial score (nSPS) is 11.0. The molecule has 0 radical (unpaired) electrons. The molecular weight excluding hydrogens is 366 g/mol. The minimum atomic E-state index is -0.116. The molecule has 0 saturated carbocycles. The van der Waals surface area contributed by atoms with Gasteiger partial charge in [0, 0.05) is 29.6 Å². The van der Waals surface area contributed by atoms with E-state index in [1.807, 2.05) is 50.4 Å². The van der Waals surface area contributed by atoms with Crippen LogP contribution in [0.4, 0.5) is 5.82 Å². The van der Waals surface area contributed by atoms with Gasteiger partial charge in [-0.15, -0.1) is 0 Å². The number of rotatable bonds is 5. The molecule has 2 aromatic heterocycles. The van der Waals surface area contributed by atoms with Crippen molar-refractivity contribution >= 4 is 22.7 Å². The Morgan fingerprint density at radius 1 is 1.14 bits per heavy atom. The zero-order chi connectivity index (χ0) is 20.5. The van der Waals surface area contributed by atoms with Gasteiger partial charge in [0.1, 0.15) is 17.2 Å². The van der Waals surface area contributed by atoms with Crippen LogP contribution in [0.2, 0.25) is 0 Å². The maximum atomic E-state index is 12.6. The van der Waals surface area contributed by atoms with E-state index >= 15 is 0 Å². The summed E-state index contributed by atoms with van der Waals surface area (Å²) in [5.41, 5.74) is 5.76. The van der Waals surface area contributed by atoms with Crippen LogP contribution in [-0.4, -0.2) is 22.8 Å². The van der Waals surface area contributed by atoms with Gasteiger partial charge in [0.25, 0.3) is 0 Å². The summed E-state index contributed by atoms with van der Waals surface area (Å²) < 4.78 is 12.5. The van der Waals surface area contributed by atoms with Crippen LogP contribution >= 0.6 is 0 Å². The Balaban J connectivity index is 1.51. The van der Waals surface area contributed by atoms with Gasteiger partial charge in [-0.1, -0.05) is 0 Å². The highest BCUT2D eigenvalue weighted by molar-refractivity contribution is 5.95. The van der Waals surface area contributed by atoms with Gasteiger partial charge >= 0.3 is 0 Å². The summed E-state index contributed by atoms with van der Waals surface area (Å²) in [6.07, 6.45) is 1.90. The first kappa shape index (κ1) is 18.8. The van der Waals surface area contributed by atoms with Crippen LogP contribution in [0.25, 0.3) is 22.2 Å². The predicted octanol–water partition coefficient (Wildman–Crippen LogP) is 4.64. The Kier molecular flexibility index (Phi) is 4.84. The Morgan fingerprint density at radius 2 is 1.86 bits per heavy atom. The molecule has 0 aliphatic carbocycles. The standard InChI is InChI=1S/C23H23N3O3/c1-14-9-19-17(13-29-21(19)10-15(14)2)11-23(27)24-22-12-20(25-26(22)3)16-5-7-18(28-4)8-6-16/h5-10,12-13H,11H2,1-4H3,(H,24,27). The maximum Gasteiger partial charge on any atom is 0.230 e. The first-order valence-electron chi connectivity index (χ1n) is 9.40. The second kappa shape index (κ2) is 7.47. The molecule has 0 atom stereocenters. The summed E-state index contributed by atoms with van der Waals surface area (Å²) in [6, 6.07) is 13.6. The average Bonchev–Trinajstić information content (AvgIpc) is 3.26. The van der Waals surface area contributed by atoms with Gasteiger partial charge < -0.3 is 14.5 Å². The molecule has 1 amide bonds. The molecule has 2 heterocycles.